The second kappa shape index (κ2) is 8.84. The zero-order valence-electron chi connectivity index (χ0n) is 16.1. The first-order valence-electron chi connectivity index (χ1n) is 8.58. The van der Waals surface area contributed by atoms with E-state index in [1.54, 1.807) is 0 Å². The van der Waals surface area contributed by atoms with Gasteiger partial charge in [0.1, 0.15) is 12.2 Å². The highest BCUT2D eigenvalue weighted by Gasteiger charge is 2.28. The maximum absolute atomic E-state index is 13.1. The zero-order chi connectivity index (χ0) is 21.0. The largest absolute Gasteiger partial charge is 0.493 e. The Kier molecular flexibility index (Phi) is 6.25. The fourth-order valence-corrected chi connectivity index (χ4v) is 3.58. The molecule has 152 valence electrons. The number of carbonyl (C=O) groups excluding carboxylic acids is 1. The SMILES string of the molecule is COCCOc1cc([N+](=O)[O-])c(C(=O)N(C)c2nc3ccccc3s2)cc1OC. The van der Waals surface area contributed by atoms with Crippen LogP contribution in [0.2, 0.25) is 0 Å². The number of methoxy groups -OCH3 is 2. The minimum Gasteiger partial charge on any atom is -0.493 e. The van der Waals surface area contributed by atoms with Crippen LogP contribution in [0.25, 0.3) is 10.2 Å². The minimum absolute atomic E-state index is 0.118. The summed E-state index contributed by atoms with van der Waals surface area (Å²) >= 11 is 1.32. The second-order valence-corrected chi connectivity index (χ2v) is 6.96. The highest BCUT2D eigenvalue weighted by molar-refractivity contribution is 7.22. The first-order chi connectivity index (χ1) is 14.0. The Morgan fingerprint density at radius 1 is 1.21 bits per heavy atom. The first-order valence-corrected chi connectivity index (χ1v) is 9.39. The molecule has 2 aromatic carbocycles. The smallest absolute Gasteiger partial charge is 0.286 e. The van der Waals surface area contributed by atoms with Gasteiger partial charge in [-0.3, -0.25) is 19.8 Å². The van der Waals surface area contributed by atoms with Gasteiger partial charge in [0.15, 0.2) is 16.6 Å². The quantitative estimate of drug-likeness (QED) is 0.314. The molecule has 3 rings (SSSR count). The number of thiazole rings is 1. The maximum Gasteiger partial charge on any atom is 0.286 e. The van der Waals surface area contributed by atoms with Gasteiger partial charge in [-0.05, 0) is 12.1 Å². The fourth-order valence-electron chi connectivity index (χ4n) is 2.65. The lowest BCUT2D eigenvalue weighted by atomic mass is 10.1. The molecule has 0 unspecified atom stereocenters. The molecule has 10 heteroatoms. The average molecular weight is 417 g/mol. The number of hydrogen-bond acceptors (Lipinski definition) is 8. The van der Waals surface area contributed by atoms with Crippen molar-refractivity contribution in [2.45, 2.75) is 0 Å². The molecule has 3 aromatic rings. The van der Waals surface area contributed by atoms with Crippen LogP contribution in [0, 0.1) is 10.1 Å². The number of aromatic nitrogens is 1. The molecule has 0 bridgehead atoms. The number of anilines is 1. The number of nitro benzene ring substituents is 1. The van der Waals surface area contributed by atoms with E-state index in [4.69, 9.17) is 14.2 Å². The van der Waals surface area contributed by atoms with Gasteiger partial charge in [-0.25, -0.2) is 4.98 Å². The van der Waals surface area contributed by atoms with Gasteiger partial charge in [0.2, 0.25) is 0 Å². The van der Waals surface area contributed by atoms with Gasteiger partial charge in [0.25, 0.3) is 11.6 Å². The summed E-state index contributed by atoms with van der Waals surface area (Å²) in [5.41, 5.74) is 0.255. The molecule has 0 aliphatic carbocycles. The molecule has 0 aliphatic rings. The number of nitro groups is 1. The molecular weight excluding hydrogens is 398 g/mol. The average Bonchev–Trinajstić information content (AvgIpc) is 3.16. The molecule has 0 aliphatic heterocycles. The second-order valence-electron chi connectivity index (χ2n) is 5.95. The molecule has 29 heavy (non-hydrogen) atoms. The van der Waals surface area contributed by atoms with Gasteiger partial charge in [-0.2, -0.15) is 0 Å². The predicted octanol–water partition coefficient (Wildman–Crippen LogP) is 3.51. The Hall–Kier alpha value is -3.24. The summed E-state index contributed by atoms with van der Waals surface area (Å²) in [5.74, 6) is -0.194. The molecule has 9 nitrogen and oxygen atoms in total. The van der Waals surface area contributed by atoms with Crippen LogP contribution in [0.1, 0.15) is 10.4 Å². The lowest BCUT2D eigenvalue weighted by Gasteiger charge is -2.16. The van der Waals surface area contributed by atoms with Crippen LogP contribution in [0.15, 0.2) is 36.4 Å². The van der Waals surface area contributed by atoms with E-state index in [2.05, 4.69) is 4.98 Å². The maximum atomic E-state index is 13.1. The monoisotopic (exact) mass is 417 g/mol. The number of hydrogen-bond donors (Lipinski definition) is 0. The lowest BCUT2D eigenvalue weighted by molar-refractivity contribution is -0.385. The number of amides is 1. The van der Waals surface area contributed by atoms with Gasteiger partial charge in [-0.1, -0.05) is 23.5 Å². The van der Waals surface area contributed by atoms with Gasteiger partial charge >= 0.3 is 0 Å². The van der Waals surface area contributed by atoms with Crippen LogP contribution in [0.5, 0.6) is 11.5 Å². The molecule has 1 aromatic heterocycles. The van der Waals surface area contributed by atoms with Crippen LogP contribution in [0.4, 0.5) is 10.8 Å². The van der Waals surface area contributed by atoms with Crippen molar-refractivity contribution in [2.24, 2.45) is 0 Å². The van der Waals surface area contributed by atoms with E-state index < -0.39 is 10.8 Å². The van der Waals surface area contributed by atoms with Crippen molar-refractivity contribution in [1.82, 2.24) is 4.98 Å². The van der Waals surface area contributed by atoms with E-state index in [1.165, 1.54) is 49.6 Å². The summed E-state index contributed by atoms with van der Waals surface area (Å²) in [6.07, 6.45) is 0. The predicted molar refractivity (Wildman–Crippen MR) is 109 cm³/mol. The number of ether oxygens (including phenoxy) is 3. The molecule has 1 amide bonds. The van der Waals surface area contributed by atoms with Crippen molar-refractivity contribution in [1.29, 1.82) is 0 Å². The van der Waals surface area contributed by atoms with Gasteiger partial charge in [0.05, 0.1) is 34.9 Å². The number of rotatable bonds is 8. The standard InChI is InChI=1S/C19H19N3O6S/c1-21(19-20-13-6-4-5-7-17(13)29-19)18(23)12-10-15(27-3)16(28-9-8-26-2)11-14(12)22(24)25/h4-7,10-11H,8-9H2,1-3H3. The van der Waals surface area contributed by atoms with Crippen molar-refractivity contribution < 1.29 is 23.9 Å². The van der Waals surface area contributed by atoms with Crippen molar-refractivity contribution in [3.8, 4) is 11.5 Å². The molecular formula is C19H19N3O6S. The van der Waals surface area contributed by atoms with Crippen molar-refractivity contribution in [2.75, 3.05) is 39.4 Å². The van der Waals surface area contributed by atoms with Crippen molar-refractivity contribution in [3.63, 3.8) is 0 Å². The van der Waals surface area contributed by atoms with E-state index in [9.17, 15) is 14.9 Å². The third kappa shape index (κ3) is 4.28. The van der Waals surface area contributed by atoms with Crippen LogP contribution in [0.3, 0.4) is 0 Å². The van der Waals surface area contributed by atoms with Crippen molar-refractivity contribution in [3.05, 3.63) is 52.1 Å². The molecule has 0 fully saturated rings. The van der Waals surface area contributed by atoms with Gasteiger partial charge in [-0.15, -0.1) is 0 Å². The van der Waals surface area contributed by atoms with Crippen LogP contribution < -0.4 is 14.4 Å². The topological polar surface area (TPSA) is 104 Å². The Bertz CT molecular complexity index is 1020. The fraction of sp³-hybridized carbons (Fsp3) is 0.263. The molecule has 1 heterocycles. The molecule has 0 saturated carbocycles. The summed E-state index contributed by atoms with van der Waals surface area (Å²) in [5, 5.41) is 12.0. The normalized spacial score (nSPS) is 10.7. The van der Waals surface area contributed by atoms with Gasteiger partial charge in [0, 0.05) is 20.2 Å². The third-order valence-electron chi connectivity index (χ3n) is 4.13. The third-order valence-corrected chi connectivity index (χ3v) is 5.24. The van der Waals surface area contributed by atoms with E-state index in [0.717, 1.165) is 10.2 Å². The number of nitrogens with zero attached hydrogens (tertiary/aromatic N) is 3. The number of benzene rings is 2. The molecule has 0 radical (unpaired) electrons. The molecule has 0 spiro atoms. The number of para-hydroxylation sites is 1. The minimum atomic E-state index is -0.623. The van der Waals surface area contributed by atoms with E-state index in [1.807, 2.05) is 24.3 Å². The Labute approximate surface area is 170 Å². The van der Waals surface area contributed by atoms with Crippen LogP contribution >= 0.6 is 11.3 Å². The summed E-state index contributed by atoms with van der Waals surface area (Å²) in [6, 6.07) is 9.97. The summed E-state index contributed by atoms with van der Waals surface area (Å²) in [6.45, 7) is 0.487. The Balaban J connectivity index is 1.98. The highest BCUT2D eigenvalue weighted by Crippen LogP contribution is 2.36. The van der Waals surface area contributed by atoms with E-state index in [0.29, 0.717) is 11.7 Å². The lowest BCUT2D eigenvalue weighted by Crippen LogP contribution is -2.27. The molecule has 0 N–H and O–H groups in total. The molecule has 0 atom stereocenters. The zero-order valence-corrected chi connectivity index (χ0v) is 16.9. The Morgan fingerprint density at radius 3 is 2.62 bits per heavy atom. The summed E-state index contributed by atoms with van der Waals surface area (Å²) < 4.78 is 16.6. The Morgan fingerprint density at radius 2 is 1.97 bits per heavy atom. The van der Waals surface area contributed by atoms with E-state index >= 15 is 0 Å². The van der Waals surface area contributed by atoms with Gasteiger partial charge < -0.3 is 14.2 Å². The summed E-state index contributed by atoms with van der Waals surface area (Å²) in [7, 11) is 4.44. The number of carbonyl (C=O) groups is 1. The summed E-state index contributed by atoms with van der Waals surface area (Å²) in [4.78, 5) is 29.8. The molecule has 0 saturated heterocycles. The first kappa shape index (κ1) is 20.5. The highest BCUT2D eigenvalue weighted by atomic mass is 32.1. The number of fused-ring (bicyclic) bond motifs is 1. The van der Waals surface area contributed by atoms with Crippen LogP contribution in [-0.4, -0.2) is 50.3 Å². The van der Waals surface area contributed by atoms with E-state index in [-0.39, 0.29) is 29.4 Å². The van der Waals surface area contributed by atoms with Crippen molar-refractivity contribution >= 4 is 38.3 Å². The van der Waals surface area contributed by atoms with Crippen LogP contribution in [-0.2, 0) is 4.74 Å².